The van der Waals surface area contributed by atoms with E-state index in [4.69, 9.17) is 20.4 Å². The Morgan fingerprint density at radius 2 is 1.42 bits per heavy atom. The van der Waals surface area contributed by atoms with E-state index < -0.39 is 0 Å². The standard InChI is InChI=1S/C13H18.2CNO/c1-3-7-12(8-4-1)11-13-9-5-2-6-10-13;2*2-1-3/h1,3-4,7-8,13H,2,5-6,9-11H2;;/q;2*-1. The largest absolute Gasteiger partial charge is 0.724 e. The van der Waals surface area contributed by atoms with Gasteiger partial charge in [0.1, 0.15) is 0 Å². The zero-order chi connectivity index (χ0) is 14.3. The number of rotatable bonds is 2. The molecule has 0 aromatic heterocycles. The van der Waals surface area contributed by atoms with Gasteiger partial charge < -0.3 is 10.8 Å². The number of hydrogen-bond donors (Lipinski definition) is 0. The molecule has 0 N–H and O–H groups in total. The summed E-state index contributed by atoms with van der Waals surface area (Å²) in [6.45, 7) is 0. The first-order valence-corrected chi connectivity index (χ1v) is 6.34. The number of carbonyl (C=O) groups excluding carboxylic acids is 2. The molecule has 0 atom stereocenters. The zero-order valence-corrected chi connectivity index (χ0v) is 10.9. The third-order valence-corrected chi connectivity index (χ3v) is 3.09. The van der Waals surface area contributed by atoms with Crippen LogP contribution in [0.15, 0.2) is 30.3 Å². The van der Waals surface area contributed by atoms with Crippen LogP contribution >= 0.6 is 0 Å². The van der Waals surface area contributed by atoms with Crippen molar-refractivity contribution >= 4 is 12.2 Å². The van der Waals surface area contributed by atoms with Gasteiger partial charge in [0.25, 0.3) is 0 Å². The molecule has 0 amide bonds. The van der Waals surface area contributed by atoms with Crippen LogP contribution in [0.4, 0.5) is 0 Å². The maximum atomic E-state index is 8.24. The molecule has 1 aliphatic carbocycles. The van der Waals surface area contributed by atoms with Crippen molar-refractivity contribution in [1.82, 2.24) is 0 Å². The molecule has 4 nitrogen and oxygen atoms in total. The summed E-state index contributed by atoms with van der Waals surface area (Å²) in [6, 6.07) is 10.9. The summed E-state index contributed by atoms with van der Waals surface area (Å²) in [7, 11) is 0. The molecule has 4 heteroatoms. The van der Waals surface area contributed by atoms with E-state index in [2.05, 4.69) is 30.3 Å². The third-order valence-electron chi connectivity index (χ3n) is 3.09. The first-order valence-electron chi connectivity index (χ1n) is 6.34. The molecule has 1 aliphatic rings. The Bertz CT molecular complexity index is 374. The molecule has 1 aromatic rings. The summed E-state index contributed by atoms with van der Waals surface area (Å²) in [5, 5.41) is 13.5. The molecule has 1 aromatic carbocycles. The van der Waals surface area contributed by atoms with Crippen LogP contribution in [0.5, 0.6) is 0 Å². The van der Waals surface area contributed by atoms with Crippen molar-refractivity contribution < 1.29 is 9.59 Å². The minimum Gasteiger partial charge on any atom is -0.724 e. The first-order chi connectivity index (χ1) is 9.28. The van der Waals surface area contributed by atoms with Gasteiger partial charge in [-0.25, -0.2) is 0 Å². The Labute approximate surface area is 113 Å². The summed E-state index contributed by atoms with van der Waals surface area (Å²) < 4.78 is 0. The summed E-state index contributed by atoms with van der Waals surface area (Å²) in [4.78, 5) is 16.5. The van der Waals surface area contributed by atoms with Crippen molar-refractivity contribution in [1.29, 1.82) is 0 Å². The van der Waals surface area contributed by atoms with Gasteiger partial charge in [-0.15, -0.1) is 0 Å². The fraction of sp³-hybridized carbons (Fsp3) is 0.467. The van der Waals surface area contributed by atoms with Crippen LogP contribution in [0.2, 0.25) is 0 Å². The first kappa shape index (κ1) is 17.0. The highest BCUT2D eigenvalue weighted by molar-refractivity contribution is 5.37. The van der Waals surface area contributed by atoms with E-state index >= 15 is 0 Å². The lowest BCUT2D eigenvalue weighted by Crippen LogP contribution is -2.08. The molecule has 1 saturated carbocycles. The van der Waals surface area contributed by atoms with Crippen LogP contribution in [0.25, 0.3) is 10.8 Å². The normalized spacial score (nSPS) is 13.7. The minimum atomic E-state index is 0.500. The maximum absolute atomic E-state index is 8.24. The van der Waals surface area contributed by atoms with Gasteiger partial charge in [0.2, 0.25) is 0 Å². The van der Waals surface area contributed by atoms with Crippen molar-refractivity contribution in [3.63, 3.8) is 0 Å². The number of benzene rings is 1. The molecule has 0 saturated heterocycles. The average Bonchev–Trinajstić information content (AvgIpc) is 2.43. The number of nitrogens with zero attached hydrogens (tertiary/aromatic N) is 2. The van der Waals surface area contributed by atoms with E-state index in [1.54, 1.807) is 0 Å². The Morgan fingerprint density at radius 3 is 1.89 bits per heavy atom. The lowest BCUT2D eigenvalue weighted by molar-refractivity contribution is 0.356. The predicted molar refractivity (Wildman–Crippen MR) is 74.8 cm³/mol. The Hall–Kier alpha value is -2.02. The van der Waals surface area contributed by atoms with Crippen molar-refractivity contribution in [2.45, 2.75) is 38.5 Å². The molecule has 19 heavy (non-hydrogen) atoms. The quantitative estimate of drug-likeness (QED) is 0.600. The van der Waals surface area contributed by atoms with E-state index in [1.807, 2.05) is 0 Å². The monoisotopic (exact) mass is 258 g/mol. The third kappa shape index (κ3) is 9.66. The fourth-order valence-electron chi connectivity index (χ4n) is 2.34. The van der Waals surface area contributed by atoms with Crippen LogP contribution in [0.1, 0.15) is 37.7 Å². The van der Waals surface area contributed by atoms with Crippen molar-refractivity contribution in [2.24, 2.45) is 5.92 Å². The van der Waals surface area contributed by atoms with Gasteiger partial charge >= 0.3 is 0 Å². The van der Waals surface area contributed by atoms with Crippen LogP contribution in [0, 0.1) is 5.92 Å². The molecule has 2 rings (SSSR count). The van der Waals surface area contributed by atoms with Gasteiger partial charge in [-0.2, -0.15) is 0 Å². The van der Waals surface area contributed by atoms with E-state index in [1.165, 1.54) is 44.1 Å². The second-order valence-electron chi connectivity index (χ2n) is 4.38. The minimum absolute atomic E-state index is 0.500. The van der Waals surface area contributed by atoms with Crippen LogP contribution in [-0.2, 0) is 16.0 Å². The highest BCUT2D eigenvalue weighted by Gasteiger charge is 2.13. The smallest absolute Gasteiger partial charge is 0.0159 e. The molecule has 1 fully saturated rings. The second-order valence-corrected chi connectivity index (χ2v) is 4.38. The molecule has 0 aliphatic heterocycles. The van der Waals surface area contributed by atoms with Gasteiger partial charge in [-0.05, 0) is 30.1 Å². The lowest BCUT2D eigenvalue weighted by Gasteiger charge is -2.21. The lowest BCUT2D eigenvalue weighted by atomic mass is 9.85. The highest BCUT2D eigenvalue weighted by Crippen LogP contribution is 2.26. The molecular formula is C15H18N2O2-2. The topological polar surface area (TPSA) is 78.7 Å². The van der Waals surface area contributed by atoms with E-state index in [9.17, 15) is 0 Å². The van der Waals surface area contributed by atoms with Gasteiger partial charge in [-0.3, -0.25) is 9.59 Å². The van der Waals surface area contributed by atoms with Gasteiger partial charge in [0, 0.05) is 0 Å². The zero-order valence-electron chi connectivity index (χ0n) is 10.9. The molecular weight excluding hydrogens is 240 g/mol. The van der Waals surface area contributed by atoms with E-state index in [0.717, 1.165) is 5.92 Å². The average molecular weight is 258 g/mol. The Morgan fingerprint density at radius 1 is 0.947 bits per heavy atom. The summed E-state index contributed by atoms with van der Waals surface area (Å²) in [5.74, 6) is 0.969. The Balaban J connectivity index is 0.000000465. The Kier molecular flexibility index (Phi) is 11.1. The highest BCUT2D eigenvalue weighted by atomic mass is 16.1. The fourth-order valence-corrected chi connectivity index (χ4v) is 2.34. The van der Waals surface area contributed by atoms with E-state index in [0.29, 0.717) is 12.2 Å². The number of isocyanates is 2. The maximum Gasteiger partial charge on any atom is -0.0159 e. The summed E-state index contributed by atoms with van der Waals surface area (Å²) in [6.07, 6.45) is 9.59. The van der Waals surface area contributed by atoms with Gasteiger partial charge in [-0.1, -0.05) is 62.4 Å². The van der Waals surface area contributed by atoms with Crippen LogP contribution in [-0.4, -0.2) is 12.2 Å². The molecule has 0 bridgehead atoms. The molecule has 102 valence electrons. The summed E-state index contributed by atoms with van der Waals surface area (Å²) >= 11 is 0. The SMILES string of the molecule is [N-]=C=O.[N-]=C=O.c1ccc(CC2CCCCC2)cc1. The van der Waals surface area contributed by atoms with E-state index in [-0.39, 0.29) is 0 Å². The molecule has 0 unspecified atom stereocenters. The summed E-state index contributed by atoms with van der Waals surface area (Å²) in [5.41, 5.74) is 1.52. The van der Waals surface area contributed by atoms with Crippen LogP contribution < -0.4 is 0 Å². The van der Waals surface area contributed by atoms with Crippen molar-refractivity contribution in [3.05, 3.63) is 46.7 Å². The van der Waals surface area contributed by atoms with Crippen molar-refractivity contribution in [3.8, 4) is 0 Å². The second kappa shape index (κ2) is 12.4. The number of hydrogen-bond acceptors (Lipinski definition) is 2. The van der Waals surface area contributed by atoms with Crippen molar-refractivity contribution in [2.75, 3.05) is 0 Å². The van der Waals surface area contributed by atoms with Crippen LogP contribution in [0.3, 0.4) is 0 Å². The predicted octanol–water partition coefficient (Wildman–Crippen LogP) is 3.59. The van der Waals surface area contributed by atoms with Gasteiger partial charge in [0.05, 0.1) is 0 Å². The van der Waals surface area contributed by atoms with Gasteiger partial charge in [0.15, 0.2) is 0 Å². The molecule has 0 spiro atoms. The molecule has 0 heterocycles. The molecule has 0 radical (unpaired) electrons.